The number of hydrogen-bond acceptors (Lipinski definition) is 5. The Hall–Kier alpha value is -1.80. The van der Waals surface area contributed by atoms with Crippen LogP contribution in [0.25, 0.3) is 0 Å². The molecule has 2 N–H and O–H groups in total. The van der Waals surface area contributed by atoms with Crippen LogP contribution in [0, 0.1) is 10.8 Å². The van der Waals surface area contributed by atoms with E-state index in [0.717, 1.165) is 29.7 Å². The van der Waals surface area contributed by atoms with Gasteiger partial charge in [0.1, 0.15) is 6.04 Å². The largest absolute Gasteiger partial charge is 0.326 e. The summed E-state index contributed by atoms with van der Waals surface area (Å²) in [6.07, 6.45) is 4.16. The average Bonchev–Trinajstić information content (AvgIpc) is 3.03. The van der Waals surface area contributed by atoms with E-state index in [4.69, 9.17) is 0 Å². The van der Waals surface area contributed by atoms with Crippen LogP contribution in [0.5, 0.6) is 0 Å². The molecule has 1 amide bonds. The molecule has 0 spiro atoms. The van der Waals surface area contributed by atoms with Crippen molar-refractivity contribution in [3.05, 3.63) is 34.2 Å². The van der Waals surface area contributed by atoms with Crippen LogP contribution in [0.3, 0.4) is 0 Å². The number of carbonyl (C=O) groups is 1. The fraction of sp³-hybridized carbons (Fsp3) is 0.650. The van der Waals surface area contributed by atoms with E-state index in [1.54, 1.807) is 20.8 Å². The number of sulfonamides is 1. The van der Waals surface area contributed by atoms with Crippen LogP contribution in [-0.4, -0.2) is 25.1 Å². The molecule has 0 bridgehead atoms. The Morgan fingerprint density at radius 2 is 1.79 bits per heavy atom. The minimum Gasteiger partial charge on any atom is -0.326 e. The number of nitrogens with one attached hydrogen (secondary N) is 2. The third kappa shape index (κ3) is 4.43. The van der Waals surface area contributed by atoms with Gasteiger partial charge in [-0.3, -0.25) is 4.79 Å². The minimum absolute atomic E-state index is 0.0277. The highest BCUT2D eigenvalue weighted by Gasteiger charge is 2.34. The van der Waals surface area contributed by atoms with Gasteiger partial charge in [0.2, 0.25) is 15.9 Å². The van der Waals surface area contributed by atoms with E-state index in [1.165, 1.54) is 0 Å². The van der Waals surface area contributed by atoms with E-state index in [1.807, 2.05) is 18.2 Å². The highest BCUT2D eigenvalue weighted by Crippen LogP contribution is 2.35. The van der Waals surface area contributed by atoms with Crippen molar-refractivity contribution in [2.75, 3.05) is 5.32 Å². The monoisotopic (exact) mass is 407 g/mol. The van der Waals surface area contributed by atoms with Gasteiger partial charge in [-0.15, -0.1) is 0 Å². The lowest BCUT2D eigenvalue weighted by atomic mass is 9.86. The summed E-state index contributed by atoms with van der Waals surface area (Å²) in [6.45, 7) is 5.04. The molecule has 0 aliphatic heterocycles. The second-order valence-corrected chi connectivity index (χ2v) is 11.3. The summed E-state index contributed by atoms with van der Waals surface area (Å²) in [7, 11) is -3.38. The highest BCUT2D eigenvalue weighted by molar-refractivity contribution is 7.90. The van der Waals surface area contributed by atoms with Gasteiger partial charge >= 0.3 is 0 Å². The Morgan fingerprint density at radius 3 is 2.39 bits per heavy atom. The van der Waals surface area contributed by atoms with E-state index in [0.29, 0.717) is 25.7 Å². The zero-order valence-corrected chi connectivity index (χ0v) is 17.5. The van der Waals surface area contributed by atoms with Crippen LogP contribution in [0.2, 0.25) is 0 Å². The van der Waals surface area contributed by atoms with Crippen LogP contribution in [0.15, 0.2) is 23.4 Å². The average molecular weight is 408 g/mol. The Morgan fingerprint density at radius 1 is 1.11 bits per heavy atom. The van der Waals surface area contributed by atoms with Crippen LogP contribution in [-0.2, 0) is 21.2 Å². The van der Waals surface area contributed by atoms with Crippen molar-refractivity contribution in [1.82, 2.24) is 4.72 Å². The first-order chi connectivity index (χ1) is 13.1. The standard InChI is InChI=1S/C20H29N3O4S/c1-20(2,3)28(26,27)23-15-7-4-13(5-8-15)19(24)21-16-9-10-17-14(12-16)6-11-18(17)22-25/h9-10,12-13,15,18,23H,4-8,11H2,1-3H3,(H,21,24). The molecule has 0 aromatic heterocycles. The number of nitrogens with zero attached hydrogens (tertiary/aromatic N) is 1. The maximum atomic E-state index is 12.6. The first-order valence-corrected chi connectivity index (χ1v) is 11.4. The molecule has 28 heavy (non-hydrogen) atoms. The summed E-state index contributed by atoms with van der Waals surface area (Å²) in [4.78, 5) is 23.5. The Balaban J connectivity index is 1.54. The zero-order chi connectivity index (χ0) is 20.5. The van der Waals surface area contributed by atoms with Gasteiger partial charge in [-0.2, -0.15) is 4.91 Å². The van der Waals surface area contributed by atoms with Gasteiger partial charge in [0.15, 0.2) is 0 Å². The van der Waals surface area contributed by atoms with E-state index in [9.17, 15) is 18.1 Å². The smallest absolute Gasteiger partial charge is 0.227 e. The van der Waals surface area contributed by atoms with Crippen molar-refractivity contribution in [2.45, 2.75) is 76.1 Å². The van der Waals surface area contributed by atoms with E-state index in [2.05, 4.69) is 15.2 Å². The summed E-state index contributed by atoms with van der Waals surface area (Å²) in [6, 6.07) is 5.25. The predicted octanol–water partition coefficient (Wildman–Crippen LogP) is 3.66. The van der Waals surface area contributed by atoms with Crippen molar-refractivity contribution in [1.29, 1.82) is 0 Å². The fourth-order valence-corrected chi connectivity index (χ4v) is 4.92. The number of carbonyl (C=O) groups excluding carboxylic acids is 1. The lowest BCUT2D eigenvalue weighted by molar-refractivity contribution is -0.120. The SMILES string of the molecule is CC(C)(C)S(=O)(=O)NC1CCC(C(=O)Nc2ccc3c(c2)CCC3N=O)CC1. The molecule has 1 atom stereocenters. The summed E-state index contributed by atoms with van der Waals surface area (Å²) < 4.78 is 26.5. The molecule has 3 rings (SSSR count). The molecule has 2 aliphatic rings. The molecule has 154 valence electrons. The number of aryl methyl sites for hydroxylation is 1. The number of fused-ring (bicyclic) bond motifs is 1. The molecule has 2 aliphatic carbocycles. The number of hydrogen-bond donors (Lipinski definition) is 2. The molecule has 0 heterocycles. The lowest BCUT2D eigenvalue weighted by Crippen LogP contribution is -2.46. The van der Waals surface area contributed by atoms with Crippen LogP contribution < -0.4 is 10.0 Å². The molecular formula is C20H29N3O4S. The molecule has 8 heteroatoms. The van der Waals surface area contributed by atoms with Crippen molar-refractivity contribution in [3.63, 3.8) is 0 Å². The van der Waals surface area contributed by atoms with Gasteiger partial charge in [0, 0.05) is 17.6 Å². The van der Waals surface area contributed by atoms with Gasteiger partial charge in [0.25, 0.3) is 0 Å². The molecule has 1 saturated carbocycles. The Bertz CT molecular complexity index is 853. The zero-order valence-electron chi connectivity index (χ0n) is 16.7. The summed E-state index contributed by atoms with van der Waals surface area (Å²) >= 11 is 0. The number of nitroso groups, excluding NO2 is 1. The quantitative estimate of drug-likeness (QED) is 0.727. The van der Waals surface area contributed by atoms with Crippen LogP contribution in [0.4, 0.5) is 5.69 Å². The third-order valence-electron chi connectivity index (χ3n) is 5.81. The van der Waals surface area contributed by atoms with Crippen LogP contribution in [0.1, 0.15) is 70.0 Å². The van der Waals surface area contributed by atoms with E-state index < -0.39 is 14.8 Å². The molecule has 0 saturated heterocycles. The molecular weight excluding hydrogens is 378 g/mol. The van der Waals surface area contributed by atoms with Crippen molar-refractivity contribution in [2.24, 2.45) is 11.1 Å². The normalized spacial score (nSPS) is 25.2. The minimum atomic E-state index is -3.38. The number of rotatable bonds is 5. The Kier molecular flexibility index (Phi) is 5.91. The third-order valence-corrected chi connectivity index (χ3v) is 8.07. The molecule has 1 aromatic rings. The molecule has 1 fully saturated rings. The summed E-state index contributed by atoms with van der Waals surface area (Å²) in [5.41, 5.74) is 2.77. The molecule has 0 radical (unpaired) electrons. The second kappa shape index (κ2) is 7.91. The van der Waals surface area contributed by atoms with E-state index in [-0.39, 0.29) is 23.9 Å². The first-order valence-electron chi connectivity index (χ1n) is 9.89. The molecule has 7 nitrogen and oxygen atoms in total. The van der Waals surface area contributed by atoms with Crippen LogP contribution >= 0.6 is 0 Å². The first kappa shape index (κ1) is 20.9. The summed E-state index contributed by atoms with van der Waals surface area (Å²) in [5, 5.41) is 6.13. The van der Waals surface area contributed by atoms with Gasteiger partial charge < -0.3 is 5.32 Å². The number of benzene rings is 1. The van der Waals surface area contributed by atoms with Gasteiger partial charge in [-0.1, -0.05) is 11.2 Å². The van der Waals surface area contributed by atoms with Crippen molar-refractivity contribution in [3.8, 4) is 0 Å². The number of anilines is 1. The van der Waals surface area contributed by atoms with E-state index >= 15 is 0 Å². The molecule has 1 aromatic carbocycles. The maximum absolute atomic E-state index is 12.6. The predicted molar refractivity (Wildman–Crippen MR) is 109 cm³/mol. The second-order valence-electron chi connectivity index (χ2n) is 8.84. The van der Waals surface area contributed by atoms with Crippen molar-refractivity contribution < 1.29 is 13.2 Å². The fourth-order valence-electron chi connectivity index (χ4n) is 3.90. The van der Waals surface area contributed by atoms with Gasteiger partial charge in [0.05, 0.1) is 4.75 Å². The number of amides is 1. The van der Waals surface area contributed by atoms with Gasteiger partial charge in [-0.25, -0.2) is 13.1 Å². The Labute approximate surface area is 166 Å². The maximum Gasteiger partial charge on any atom is 0.227 e. The topological polar surface area (TPSA) is 105 Å². The van der Waals surface area contributed by atoms with Crippen molar-refractivity contribution >= 4 is 21.6 Å². The molecule has 1 unspecified atom stereocenters. The lowest BCUT2D eigenvalue weighted by Gasteiger charge is -2.30. The summed E-state index contributed by atoms with van der Waals surface area (Å²) in [5.74, 6) is -0.145. The highest BCUT2D eigenvalue weighted by atomic mass is 32.2. The van der Waals surface area contributed by atoms with Gasteiger partial charge in [-0.05, 0) is 82.6 Å².